The van der Waals surface area contributed by atoms with Crippen LogP contribution in [0.4, 0.5) is 13.2 Å². The van der Waals surface area contributed by atoms with E-state index in [4.69, 9.17) is 4.74 Å². The van der Waals surface area contributed by atoms with Crippen molar-refractivity contribution in [1.29, 1.82) is 0 Å². The van der Waals surface area contributed by atoms with E-state index in [2.05, 4.69) is 4.98 Å². The smallest absolute Gasteiger partial charge is 0.417 e. The Labute approximate surface area is 126 Å². The van der Waals surface area contributed by atoms with E-state index >= 15 is 0 Å². The predicted molar refractivity (Wildman–Crippen MR) is 75.0 cm³/mol. The number of carbonyl (C=O) groups is 1. The van der Waals surface area contributed by atoms with Gasteiger partial charge in [-0.1, -0.05) is 11.8 Å². The number of esters is 1. The van der Waals surface area contributed by atoms with Crippen LogP contribution >= 0.6 is 11.8 Å². The van der Waals surface area contributed by atoms with E-state index in [1.807, 2.05) is 0 Å². The van der Waals surface area contributed by atoms with E-state index in [1.54, 1.807) is 34.6 Å². The van der Waals surface area contributed by atoms with Gasteiger partial charge in [0.2, 0.25) is 0 Å². The average Bonchev–Trinajstić information content (AvgIpc) is 2.25. The molecule has 1 aromatic heterocycles. The molecule has 0 aliphatic carbocycles. The van der Waals surface area contributed by atoms with Crippen molar-refractivity contribution >= 4 is 17.7 Å². The second-order valence-electron chi connectivity index (χ2n) is 6.00. The van der Waals surface area contributed by atoms with E-state index in [0.717, 1.165) is 24.0 Å². The molecule has 0 aromatic carbocycles. The van der Waals surface area contributed by atoms with Gasteiger partial charge in [-0.2, -0.15) is 13.2 Å². The topological polar surface area (TPSA) is 39.2 Å². The highest BCUT2D eigenvalue weighted by Crippen LogP contribution is 2.35. The Kier molecular flexibility index (Phi) is 4.98. The first-order valence-electron chi connectivity index (χ1n) is 6.27. The Morgan fingerprint density at radius 2 is 1.71 bits per heavy atom. The lowest BCUT2D eigenvalue weighted by molar-refractivity contribution is -0.156. The highest BCUT2D eigenvalue weighted by Gasteiger charge is 2.35. The summed E-state index contributed by atoms with van der Waals surface area (Å²) in [6.07, 6.45) is -3.66. The summed E-state index contributed by atoms with van der Waals surface area (Å²) < 4.78 is 41.7. The van der Waals surface area contributed by atoms with Crippen LogP contribution in [0.25, 0.3) is 0 Å². The minimum atomic E-state index is -4.42. The van der Waals surface area contributed by atoms with Crippen molar-refractivity contribution in [2.45, 2.75) is 56.2 Å². The molecule has 0 radical (unpaired) electrons. The standard InChI is InChI=1S/C14H18F3NO2S/c1-12(2,3)20-11(19)13(4,5)21-10-7-6-9(8-18-10)14(15,16)17/h6-8H,1-5H3. The first-order valence-corrected chi connectivity index (χ1v) is 7.09. The molecule has 0 unspecified atom stereocenters. The van der Waals surface area contributed by atoms with Gasteiger partial charge < -0.3 is 4.74 Å². The molecule has 0 aliphatic rings. The van der Waals surface area contributed by atoms with Crippen molar-refractivity contribution in [2.24, 2.45) is 0 Å². The normalized spacial score (nSPS) is 13.1. The van der Waals surface area contributed by atoms with Gasteiger partial charge in [-0.05, 0) is 46.8 Å². The summed E-state index contributed by atoms with van der Waals surface area (Å²) in [6, 6.07) is 2.19. The quantitative estimate of drug-likeness (QED) is 0.614. The van der Waals surface area contributed by atoms with Gasteiger partial charge in [-0.3, -0.25) is 4.79 Å². The highest BCUT2D eigenvalue weighted by molar-refractivity contribution is 8.01. The number of hydrogen-bond donors (Lipinski definition) is 0. The number of ether oxygens (including phenoxy) is 1. The molecule has 0 amide bonds. The Hall–Kier alpha value is -1.24. The van der Waals surface area contributed by atoms with Gasteiger partial charge in [0.25, 0.3) is 0 Å². The maximum atomic E-state index is 12.5. The minimum Gasteiger partial charge on any atom is -0.459 e. The zero-order chi connectivity index (χ0) is 16.5. The van der Waals surface area contributed by atoms with Gasteiger partial charge in [0.15, 0.2) is 0 Å². The fourth-order valence-corrected chi connectivity index (χ4v) is 2.20. The zero-order valence-electron chi connectivity index (χ0n) is 12.5. The third-order valence-electron chi connectivity index (χ3n) is 2.31. The van der Waals surface area contributed by atoms with Crippen LogP contribution in [0.1, 0.15) is 40.2 Å². The fourth-order valence-electron chi connectivity index (χ4n) is 1.31. The lowest BCUT2D eigenvalue weighted by Gasteiger charge is -2.27. The average molecular weight is 321 g/mol. The van der Waals surface area contributed by atoms with Crippen molar-refractivity contribution in [3.05, 3.63) is 23.9 Å². The fraction of sp³-hybridized carbons (Fsp3) is 0.571. The van der Waals surface area contributed by atoms with Crippen molar-refractivity contribution in [3.8, 4) is 0 Å². The molecule has 1 rings (SSSR count). The van der Waals surface area contributed by atoms with E-state index in [-0.39, 0.29) is 0 Å². The number of hydrogen-bond acceptors (Lipinski definition) is 4. The van der Waals surface area contributed by atoms with Gasteiger partial charge in [0.1, 0.15) is 10.3 Å². The predicted octanol–water partition coefficient (Wildman–Crippen LogP) is 4.31. The molecule has 0 saturated heterocycles. The summed E-state index contributed by atoms with van der Waals surface area (Å²) in [6.45, 7) is 8.54. The second-order valence-corrected chi connectivity index (χ2v) is 7.64. The van der Waals surface area contributed by atoms with Gasteiger partial charge >= 0.3 is 12.1 Å². The summed E-state index contributed by atoms with van der Waals surface area (Å²) in [4.78, 5) is 15.8. The lowest BCUT2D eigenvalue weighted by atomic mass is 10.1. The molecule has 118 valence electrons. The molecule has 1 aromatic rings. The van der Waals surface area contributed by atoms with Crippen LogP contribution in [-0.4, -0.2) is 21.3 Å². The molecule has 0 aliphatic heterocycles. The van der Waals surface area contributed by atoms with Crippen LogP contribution < -0.4 is 0 Å². The van der Waals surface area contributed by atoms with Crippen LogP contribution in [-0.2, 0) is 15.7 Å². The van der Waals surface area contributed by atoms with Crippen LogP contribution in [0.2, 0.25) is 0 Å². The number of thioether (sulfide) groups is 1. The van der Waals surface area contributed by atoms with Crippen LogP contribution in [0.3, 0.4) is 0 Å². The SMILES string of the molecule is CC(C)(C)OC(=O)C(C)(C)Sc1ccc(C(F)(F)F)cn1. The molecule has 7 heteroatoms. The number of rotatable bonds is 3. The molecule has 0 fully saturated rings. The largest absolute Gasteiger partial charge is 0.459 e. The van der Waals surface area contributed by atoms with E-state index in [0.29, 0.717) is 5.03 Å². The van der Waals surface area contributed by atoms with Crippen molar-refractivity contribution in [2.75, 3.05) is 0 Å². The molecule has 0 bridgehead atoms. The molecular formula is C14H18F3NO2S. The number of alkyl halides is 3. The summed E-state index contributed by atoms with van der Waals surface area (Å²) in [5.41, 5.74) is -1.44. The molecule has 0 atom stereocenters. The van der Waals surface area contributed by atoms with Gasteiger partial charge in [0, 0.05) is 6.20 Å². The summed E-state index contributed by atoms with van der Waals surface area (Å²) in [7, 11) is 0. The molecule has 3 nitrogen and oxygen atoms in total. The van der Waals surface area contributed by atoms with E-state index in [9.17, 15) is 18.0 Å². The van der Waals surface area contributed by atoms with Crippen LogP contribution in [0.5, 0.6) is 0 Å². The number of pyridine rings is 1. The Bertz CT molecular complexity index is 504. The first-order chi connectivity index (χ1) is 9.31. The maximum absolute atomic E-state index is 12.5. The zero-order valence-corrected chi connectivity index (χ0v) is 13.4. The summed E-state index contributed by atoms with van der Waals surface area (Å²) in [5.74, 6) is -0.443. The van der Waals surface area contributed by atoms with Crippen LogP contribution in [0, 0.1) is 0 Å². The van der Waals surface area contributed by atoms with Gasteiger partial charge in [-0.25, -0.2) is 4.98 Å². The number of nitrogens with zero attached hydrogens (tertiary/aromatic N) is 1. The first kappa shape index (κ1) is 17.8. The third kappa shape index (κ3) is 5.57. The van der Waals surface area contributed by atoms with E-state index in [1.165, 1.54) is 6.07 Å². The number of carbonyl (C=O) groups excluding carboxylic acids is 1. The van der Waals surface area contributed by atoms with Crippen molar-refractivity contribution < 1.29 is 22.7 Å². The molecular weight excluding hydrogens is 303 g/mol. The highest BCUT2D eigenvalue weighted by atomic mass is 32.2. The molecule has 1 heterocycles. The Morgan fingerprint density at radius 1 is 1.14 bits per heavy atom. The van der Waals surface area contributed by atoms with Gasteiger partial charge in [0.05, 0.1) is 10.6 Å². The maximum Gasteiger partial charge on any atom is 0.417 e. The van der Waals surface area contributed by atoms with Crippen molar-refractivity contribution in [1.82, 2.24) is 4.98 Å². The minimum absolute atomic E-state index is 0.332. The van der Waals surface area contributed by atoms with Gasteiger partial charge in [-0.15, -0.1) is 0 Å². The summed E-state index contributed by atoms with van der Waals surface area (Å²) >= 11 is 1.06. The van der Waals surface area contributed by atoms with Crippen molar-refractivity contribution in [3.63, 3.8) is 0 Å². The Balaban J connectivity index is 2.82. The summed E-state index contributed by atoms with van der Waals surface area (Å²) in [5, 5.41) is 0.332. The van der Waals surface area contributed by atoms with E-state index < -0.39 is 28.1 Å². The number of halogens is 3. The molecule has 0 saturated carbocycles. The molecule has 21 heavy (non-hydrogen) atoms. The number of aromatic nitrogens is 1. The van der Waals surface area contributed by atoms with Crippen LogP contribution in [0.15, 0.2) is 23.4 Å². The lowest BCUT2D eigenvalue weighted by Crippen LogP contribution is -2.36. The second kappa shape index (κ2) is 5.87. The molecule has 0 N–H and O–H groups in total. The Morgan fingerprint density at radius 3 is 2.10 bits per heavy atom. The monoisotopic (exact) mass is 321 g/mol. The molecule has 0 spiro atoms. The third-order valence-corrected chi connectivity index (χ3v) is 3.44.